The molecule has 0 aliphatic carbocycles. The first-order chi connectivity index (χ1) is 10.2. The smallest absolute Gasteiger partial charge is 0.274 e. The van der Waals surface area contributed by atoms with Crippen molar-refractivity contribution in [1.29, 1.82) is 0 Å². The molecule has 3 rings (SSSR count). The van der Waals surface area contributed by atoms with Crippen LogP contribution in [0.1, 0.15) is 29.3 Å². The Kier molecular flexibility index (Phi) is 3.42. The van der Waals surface area contributed by atoms with Crippen LogP contribution in [0.2, 0.25) is 0 Å². The minimum absolute atomic E-state index is 0.241. The maximum atomic E-state index is 12.1. The van der Waals surface area contributed by atoms with E-state index in [-0.39, 0.29) is 17.6 Å². The second-order valence-corrected chi connectivity index (χ2v) is 4.42. The number of aromatic amines is 1. The van der Waals surface area contributed by atoms with Crippen LogP contribution in [0.3, 0.4) is 0 Å². The summed E-state index contributed by atoms with van der Waals surface area (Å²) in [5, 5.41) is 17.5. The van der Waals surface area contributed by atoms with Gasteiger partial charge in [0.15, 0.2) is 5.69 Å². The van der Waals surface area contributed by atoms with E-state index in [9.17, 15) is 4.79 Å². The molecule has 1 atom stereocenters. The maximum absolute atomic E-state index is 12.1. The monoisotopic (exact) mass is 283 g/mol. The Hall–Kier alpha value is -3.03. The Labute approximate surface area is 120 Å². The highest BCUT2D eigenvalue weighted by Gasteiger charge is 2.16. The van der Waals surface area contributed by atoms with Gasteiger partial charge in [0.1, 0.15) is 12.2 Å². The van der Waals surface area contributed by atoms with Crippen molar-refractivity contribution in [2.75, 3.05) is 0 Å². The Bertz CT molecular complexity index is 720. The fraction of sp³-hybridized carbons (Fsp3) is 0.154. The third-order valence-corrected chi connectivity index (χ3v) is 2.90. The molecule has 2 heterocycles. The number of aromatic nitrogens is 6. The van der Waals surface area contributed by atoms with E-state index < -0.39 is 0 Å². The zero-order valence-electron chi connectivity index (χ0n) is 11.3. The summed E-state index contributed by atoms with van der Waals surface area (Å²) in [5.74, 6) is 0.264. The fourth-order valence-electron chi connectivity index (χ4n) is 1.82. The van der Waals surface area contributed by atoms with Gasteiger partial charge in [0.2, 0.25) is 0 Å². The molecule has 2 N–H and O–H groups in total. The highest BCUT2D eigenvalue weighted by atomic mass is 16.2. The lowest BCUT2D eigenvalue weighted by Gasteiger charge is -2.08. The number of amides is 1. The molecule has 106 valence electrons. The summed E-state index contributed by atoms with van der Waals surface area (Å²) in [4.78, 5) is 17.5. The second-order valence-electron chi connectivity index (χ2n) is 4.42. The average molecular weight is 283 g/mol. The SMILES string of the molecule is CC(NC(=O)c1cnn(-c2ccccc2)n1)c1ncn[nH]1. The lowest BCUT2D eigenvalue weighted by Crippen LogP contribution is -2.27. The molecule has 0 bridgehead atoms. The number of nitrogens with zero attached hydrogens (tertiary/aromatic N) is 5. The summed E-state index contributed by atoms with van der Waals surface area (Å²) in [6.45, 7) is 1.81. The zero-order chi connectivity index (χ0) is 14.7. The number of H-pyrrole nitrogens is 1. The van der Waals surface area contributed by atoms with E-state index in [1.54, 1.807) is 6.92 Å². The lowest BCUT2D eigenvalue weighted by atomic mass is 10.3. The first kappa shape index (κ1) is 13.0. The molecular formula is C13H13N7O. The molecule has 0 radical (unpaired) electrons. The first-order valence-corrected chi connectivity index (χ1v) is 6.38. The molecule has 0 aliphatic rings. The topological polar surface area (TPSA) is 101 Å². The molecule has 1 unspecified atom stereocenters. The van der Waals surface area contributed by atoms with Gasteiger partial charge >= 0.3 is 0 Å². The van der Waals surface area contributed by atoms with Crippen molar-refractivity contribution < 1.29 is 4.79 Å². The van der Waals surface area contributed by atoms with Crippen LogP contribution in [0.15, 0.2) is 42.9 Å². The summed E-state index contributed by atoms with van der Waals surface area (Å²) in [6, 6.07) is 9.09. The number of hydrogen-bond donors (Lipinski definition) is 2. The molecule has 3 aromatic rings. The number of carbonyl (C=O) groups is 1. The quantitative estimate of drug-likeness (QED) is 0.740. The van der Waals surface area contributed by atoms with E-state index in [1.807, 2.05) is 30.3 Å². The Balaban J connectivity index is 1.73. The number of carbonyl (C=O) groups excluding carboxylic acids is 1. The van der Waals surface area contributed by atoms with E-state index >= 15 is 0 Å². The van der Waals surface area contributed by atoms with E-state index in [4.69, 9.17) is 0 Å². The molecule has 0 fully saturated rings. The van der Waals surface area contributed by atoms with Gasteiger partial charge in [-0.15, -0.1) is 5.10 Å². The molecule has 0 saturated carbocycles. The summed E-state index contributed by atoms with van der Waals surface area (Å²) in [7, 11) is 0. The summed E-state index contributed by atoms with van der Waals surface area (Å²) < 4.78 is 0. The third kappa shape index (κ3) is 2.78. The highest BCUT2D eigenvalue weighted by Crippen LogP contribution is 2.07. The minimum Gasteiger partial charge on any atom is -0.341 e. The molecule has 0 saturated heterocycles. The Morgan fingerprint density at radius 3 is 2.86 bits per heavy atom. The number of nitrogens with one attached hydrogen (secondary N) is 2. The van der Waals surface area contributed by atoms with Crippen molar-refractivity contribution >= 4 is 5.91 Å². The molecule has 1 amide bonds. The predicted octanol–water partition coefficient (Wildman–Crippen LogP) is 0.876. The van der Waals surface area contributed by atoms with E-state index in [0.717, 1.165) is 5.69 Å². The maximum Gasteiger partial charge on any atom is 0.274 e. The predicted molar refractivity (Wildman–Crippen MR) is 73.6 cm³/mol. The molecule has 0 aliphatic heterocycles. The van der Waals surface area contributed by atoms with Gasteiger partial charge in [-0.05, 0) is 19.1 Å². The number of hydrogen-bond acceptors (Lipinski definition) is 5. The number of para-hydroxylation sites is 1. The van der Waals surface area contributed by atoms with Crippen LogP contribution in [0.25, 0.3) is 5.69 Å². The van der Waals surface area contributed by atoms with Crippen molar-refractivity contribution in [3.8, 4) is 5.69 Å². The van der Waals surface area contributed by atoms with Crippen LogP contribution >= 0.6 is 0 Å². The van der Waals surface area contributed by atoms with Crippen LogP contribution in [-0.2, 0) is 0 Å². The molecule has 8 heteroatoms. The van der Waals surface area contributed by atoms with Gasteiger partial charge in [-0.1, -0.05) is 18.2 Å². The van der Waals surface area contributed by atoms with E-state index in [0.29, 0.717) is 5.82 Å². The van der Waals surface area contributed by atoms with Crippen molar-refractivity contribution in [3.63, 3.8) is 0 Å². The highest BCUT2D eigenvalue weighted by molar-refractivity contribution is 5.92. The standard InChI is InChI=1S/C13H13N7O/c1-9(12-14-8-15-18-12)17-13(21)11-7-16-20(19-11)10-5-3-2-4-6-10/h2-9H,1H3,(H,17,21)(H,14,15,18). The van der Waals surface area contributed by atoms with Crippen molar-refractivity contribution in [3.05, 3.63) is 54.4 Å². The Morgan fingerprint density at radius 2 is 2.14 bits per heavy atom. The van der Waals surface area contributed by atoms with Gasteiger partial charge in [0.05, 0.1) is 17.9 Å². The van der Waals surface area contributed by atoms with Gasteiger partial charge in [0.25, 0.3) is 5.91 Å². The van der Waals surface area contributed by atoms with Gasteiger partial charge < -0.3 is 5.32 Å². The van der Waals surface area contributed by atoms with Crippen LogP contribution < -0.4 is 5.32 Å². The molecular weight excluding hydrogens is 270 g/mol. The average Bonchev–Trinajstić information content (AvgIpc) is 3.20. The van der Waals surface area contributed by atoms with Crippen LogP contribution in [0.5, 0.6) is 0 Å². The summed E-state index contributed by atoms with van der Waals surface area (Å²) in [5.41, 5.74) is 1.03. The van der Waals surface area contributed by atoms with E-state index in [2.05, 4.69) is 30.7 Å². The minimum atomic E-state index is -0.318. The normalized spacial score (nSPS) is 12.0. The van der Waals surface area contributed by atoms with Crippen LogP contribution in [-0.4, -0.2) is 36.1 Å². The summed E-state index contributed by atoms with van der Waals surface area (Å²) >= 11 is 0. The van der Waals surface area contributed by atoms with Gasteiger partial charge in [-0.3, -0.25) is 9.89 Å². The van der Waals surface area contributed by atoms with Crippen LogP contribution in [0.4, 0.5) is 0 Å². The molecule has 0 spiro atoms. The van der Waals surface area contributed by atoms with Crippen molar-refractivity contribution in [2.24, 2.45) is 0 Å². The largest absolute Gasteiger partial charge is 0.341 e. The molecule has 8 nitrogen and oxygen atoms in total. The molecule has 21 heavy (non-hydrogen) atoms. The lowest BCUT2D eigenvalue weighted by molar-refractivity contribution is 0.0933. The molecule has 2 aromatic heterocycles. The third-order valence-electron chi connectivity index (χ3n) is 2.90. The van der Waals surface area contributed by atoms with Gasteiger partial charge in [-0.2, -0.15) is 15.0 Å². The number of rotatable bonds is 4. The van der Waals surface area contributed by atoms with Gasteiger partial charge in [-0.25, -0.2) is 4.98 Å². The van der Waals surface area contributed by atoms with Crippen LogP contribution in [0, 0.1) is 0 Å². The molecule has 1 aromatic carbocycles. The van der Waals surface area contributed by atoms with E-state index in [1.165, 1.54) is 17.3 Å². The summed E-state index contributed by atoms with van der Waals surface area (Å²) in [6.07, 6.45) is 2.82. The zero-order valence-corrected chi connectivity index (χ0v) is 11.3. The number of benzene rings is 1. The van der Waals surface area contributed by atoms with Crippen molar-refractivity contribution in [2.45, 2.75) is 13.0 Å². The Morgan fingerprint density at radius 1 is 1.33 bits per heavy atom. The van der Waals surface area contributed by atoms with Gasteiger partial charge in [0, 0.05) is 0 Å². The fourth-order valence-corrected chi connectivity index (χ4v) is 1.82. The first-order valence-electron chi connectivity index (χ1n) is 6.38. The second kappa shape index (κ2) is 5.53. The van der Waals surface area contributed by atoms with Crippen molar-refractivity contribution in [1.82, 2.24) is 35.5 Å².